The van der Waals surface area contributed by atoms with E-state index in [0.29, 0.717) is 16.2 Å². The van der Waals surface area contributed by atoms with E-state index in [1.165, 1.54) is 0 Å². The van der Waals surface area contributed by atoms with Crippen molar-refractivity contribution in [3.05, 3.63) is 40.9 Å². The third-order valence-corrected chi connectivity index (χ3v) is 2.70. The lowest BCUT2D eigenvalue weighted by Crippen LogP contribution is -2.12. The Balaban J connectivity index is 2.81. The lowest BCUT2D eigenvalue weighted by atomic mass is 9.97. The first-order chi connectivity index (χ1) is 8.45. The van der Waals surface area contributed by atoms with Crippen molar-refractivity contribution in [2.75, 3.05) is 6.61 Å². The first-order valence-corrected chi connectivity index (χ1v) is 5.97. The van der Waals surface area contributed by atoms with E-state index in [-0.39, 0.29) is 18.8 Å². The van der Waals surface area contributed by atoms with Crippen molar-refractivity contribution in [2.24, 2.45) is 0 Å². The minimum atomic E-state index is -0.532. The van der Waals surface area contributed by atoms with Crippen LogP contribution in [0.4, 0.5) is 0 Å². The Morgan fingerprint density at radius 2 is 2.06 bits per heavy atom. The maximum absolute atomic E-state index is 11.8. The maximum Gasteiger partial charge on any atom is 0.313 e. The highest BCUT2D eigenvalue weighted by Crippen LogP contribution is 2.22. The second-order valence-electron chi connectivity index (χ2n) is 3.84. The van der Waals surface area contributed by atoms with Crippen LogP contribution in [-0.2, 0) is 14.3 Å². The quantitative estimate of drug-likeness (QED) is 0.467. The lowest BCUT2D eigenvalue weighted by Gasteiger charge is -2.08. The van der Waals surface area contributed by atoms with Gasteiger partial charge in [0.1, 0.15) is 6.42 Å². The summed E-state index contributed by atoms with van der Waals surface area (Å²) in [7, 11) is 0. The molecular weight excluding hydrogens is 252 g/mol. The van der Waals surface area contributed by atoms with Gasteiger partial charge in [0.25, 0.3) is 0 Å². The van der Waals surface area contributed by atoms with E-state index >= 15 is 0 Å². The maximum atomic E-state index is 11.8. The molecule has 0 aromatic heterocycles. The topological polar surface area (TPSA) is 43.4 Å². The predicted octanol–water partition coefficient (Wildman–Crippen LogP) is 3.18. The van der Waals surface area contributed by atoms with Crippen molar-refractivity contribution in [1.29, 1.82) is 0 Å². The molecule has 0 N–H and O–H groups in total. The second-order valence-corrected chi connectivity index (χ2v) is 4.28. The lowest BCUT2D eigenvalue weighted by molar-refractivity contribution is -0.144. The van der Waals surface area contributed by atoms with E-state index < -0.39 is 5.97 Å². The van der Waals surface area contributed by atoms with Crippen molar-refractivity contribution in [2.45, 2.75) is 20.3 Å². The number of hydrogen-bond donors (Lipinski definition) is 0. The van der Waals surface area contributed by atoms with Crippen LogP contribution in [0.15, 0.2) is 24.8 Å². The van der Waals surface area contributed by atoms with E-state index in [0.717, 1.165) is 5.56 Å². The smallest absolute Gasteiger partial charge is 0.313 e. The Morgan fingerprint density at radius 3 is 2.61 bits per heavy atom. The summed E-state index contributed by atoms with van der Waals surface area (Å²) in [5.74, 6) is -0.867. The largest absolute Gasteiger partial charge is 0.466 e. The molecule has 18 heavy (non-hydrogen) atoms. The number of benzene rings is 1. The van der Waals surface area contributed by atoms with Crippen LogP contribution < -0.4 is 0 Å². The second kappa shape index (κ2) is 6.36. The van der Waals surface area contributed by atoms with Crippen molar-refractivity contribution < 1.29 is 14.3 Å². The molecule has 0 saturated heterocycles. The molecule has 0 amide bonds. The number of rotatable bonds is 5. The summed E-state index contributed by atoms with van der Waals surface area (Å²) < 4.78 is 4.73. The van der Waals surface area contributed by atoms with Gasteiger partial charge in [0, 0.05) is 10.6 Å². The molecule has 0 saturated carbocycles. The molecule has 0 atom stereocenters. The van der Waals surface area contributed by atoms with E-state index in [1.54, 1.807) is 25.1 Å². The third-order valence-electron chi connectivity index (χ3n) is 2.46. The fourth-order valence-electron chi connectivity index (χ4n) is 1.57. The molecule has 0 aliphatic rings. The number of aryl methyl sites for hydroxylation is 1. The SMILES string of the molecule is C=C(C(=O)CC(=O)OCC)c1ccc(Cl)cc1C. The minimum absolute atomic E-state index is 0.262. The molecule has 1 rings (SSSR count). The van der Waals surface area contributed by atoms with Crippen LogP contribution in [0.3, 0.4) is 0 Å². The van der Waals surface area contributed by atoms with Gasteiger partial charge in [-0.05, 0) is 37.1 Å². The van der Waals surface area contributed by atoms with Gasteiger partial charge in [-0.2, -0.15) is 0 Å². The Morgan fingerprint density at radius 1 is 1.39 bits per heavy atom. The molecule has 0 aliphatic heterocycles. The number of carbonyl (C=O) groups excluding carboxylic acids is 2. The van der Waals surface area contributed by atoms with Crippen LogP contribution in [0.25, 0.3) is 5.57 Å². The summed E-state index contributed by atoms with van der Waals surface area (Å²) in [5, 5.41) is 0.599. The van der Waals surface area contributed by atoms with Crippen molar-refractivity contribution >= 4 is 28.9 Å². The summed E-state index contributed by atoms with van der Waals surface area (Å²) in [6.45, 7) is 7.52. The van der Waals surface area contributed by atoms with Gasteiger partial charge in [-0.1, -0.05) is 24.2 Å². The van der Waals surface area contributed by atoms with Crippen molar-refractivity contribution in [3.8, 4) is 0 Å². The Kier molecular flexibility index (Phi) is 5.10. The zero-order valence-corrected chi connectivity index (χ0v) is 11.2. The van der Waals surface area contributed by atoms with Crippen LogP contribution in [0.2, 0.25) is 5.02 Å². The monoisotopic (exact) mass is 266 g/mol. The zero-order valence-electron chi connectivity index (χ0n) is 10.5. The molecule has 0 unspecified atom stereocenters. The molecule has 0 bridgehead atoms. The molecule has 0 fully saturated rings. The number of ether oxygens (including phenoxy) is 1. The highest BCUT2D eigenvalue weighted by atomic mass is 35.5. The van der Waals surface area contributed by atoms with Gasteiger partial charge >= 0.3 is 5.97 Å². The average molecular weight is 267 g/mol. The predicted molar refractivity (Wildman–Crippen MR) is 71.5 cm³/mol. The fourth-order valence-corrected chi connectivity index (χ4v) is 1.79. The van der Waals surface area contributed by atoms with Crippen LogP contribution in [-0.4, -0.2) is 18.4 Å². The summed E-state index contributed by atoms with van der Waals surface area (Å²) in [4.78, 5) is 23.1. The summed E-state index contributed by atoms with van der Waals surface area (Å²) in [5.41, 5.74) is 1.86. The summed E-state index contributed by atoms with van der Waals surface area (Å²) in [6.07, 6.45) is -0.283. The molecule has 1 aromatic carbocycles. The normalized spacial score (nSPS) is 9.94. The van der Waals surface area contributed by atoms with Crippen molar-refractivity contribution in [1.82, 2.24) is 0 Å². The zero-order chi connectivity index (χ0) is 13.7. The first-order valence-electron chi connectivity index (χ1n) is 5.60. The van der Waals surface area contributed by atoms with Gasteiger partial charge in [-0.15, -0.1) is 0 Å². The van der Waals surface area contributed by atoms with E-state index in [9.17, 15) is 9.59 Å². The minimum Gasteiger partial charge on any atom is -0.466 e. The molecule has 1 aromatic rings. The Labute approximate surface area is 111 Å². The van der Waals surface area contributed by atoms with Gasteiger partial charge in [-0.3, -0.25) is 9.59 Å². The molecular formula is C14H15ClO3. The van der Waals surface area contributed by atoms with E-state index in [4.69, 9.17) is 16.3 Å². The van der Waals surface area contributed by atoms with Gasteiger partial charge in [0.15, 0.2) is 5.78 Å². The average Bonchev–Trinajstić information content (AvgIpc) is 2.28. The van der Waals surface area contributed by atoms with E-state index in [1.807, 2.05) is 6.92 Å². The number of Topliss-reactive ketones (excluding diaryl/α,β-unsaturated/α-hetero) is 1. The fraction of sp³-hybridized carbons (Fsp3) is 0.286. The van der Waals surface area contributed by atoms with Gasteiger partial charge < -0.3 is 4.74 Å². The van der Waals surface area contributed by atoms with Crippen LogP contribution in [0.5, 0.6) is 0 Å². The molecule has 0 heterocycles. The van der Waals surface area contributed by atoms with Crippen molar-refractivity contribution in [3.63, 3.8) is 0 Å². The van der Waals surface area contributed by atoms with E-state index in [2.05, 4.69) is 6.58 Å². The number of halogens is 1. The molecule has 4 heteroatoms. The molecule has 0 radical (unpaired) electrons. The highest BCUT2D eigenvalue weighted by Gasteiger charge is 2.16. The highest BCUT2D eigenvalue weighted by molar-refractivity contribution is 6.31. The Bertz CT molecular complexity index is 492. The number of allylic oxidation sites excluding steroid dienone is 1. The van der Waals surface area contributed by atoms with Crippen LogP contribution in [0, 0.1) is 6.92 Å². The van der Waals surface area contributed by atoms with Crippen LogP contribution in [0.1, 0.15) is 24.5 Å². The molecule has 0 aliphatic carbocycles. The van der Waals surface area contributed by atoms with Gasteiger partial charge in [-0.25, -0.2) is 0 Å². The van der Waals surface area contributed by atoms with Crippen LogP contribution >= 0.6 is 11.6 Å². The molecule has 0 spiro atoms. The first kappa shape index (κ1) is 14.5. The molecule has 96 valence electrons. The Hall–Kier alpha value is -1.61. The number of esters is 1. The number of carbonyl (C=O) groups is 2. The standard InChI is InChI=1S/C14H15ClO3/c1-4-18-14(17)8-13(16)10(3)12-6-5-11(15)7-9(12)2/h5-7H,3-4,8H2,1-2H3. The summed E-state index contributed by atoms with van der Waals surface area (Å²) in [6, 6.07) is 5.16. The number of ketones is 1. The van der Waals surface area contributed by atoms with Gasteiger partial charge in [0.2, 0.25) is 0 Å². The molecule has 3 nitrogen and oxygen atoms in total. The van der Waals surface area contributed by atoms with Gasteiger partial charge in [0.05, 0.1) is 6.61 Å². The number of hydrogen-bond acceptors (Lipinski definition) is 3. The summed E-state index contributed by atoms with van der Waals surface area (Å²) >= 11 is 5.84. The third kappa shape index (κ3) is 3.70.